The molecule has 1 aliphatic carbocycles. The monoisotopic (exact) mass is 332 g/mol. The molecular formula is C18H21ClN2O2. The topological polar surface area (TPSA) is 40.6 Å². The predicted molar refractivity (Wildman–Crippen MR) is 88.2 cm³/mol. The molecule has 0 aromatic heterocycles. The number of amides is 2. The maximum Gasteiger partial charge on any atom is 0.227 e. The van der Waals surface area contributed by atoms with Gasteiger partial charge in [-0.1, -0.05) is 23.7 Å². The van der Waals surface area contributed by atoms with Crippen LogP contribution in [0.3, 0.4) is 0 Å². The summed E-state index contributed by atoms with van der Waals surface area (Å²) in [6.45, 7) is 1.48. The number of likely N-dealkylation sites (N-methyl/N-ethyl adjacent to an activating group) is 1. The van der Waals surface area contributed by atoms with Crippen molar-refractivity contribution in [1.29, 1.82) is 0 Å². The molecule has 4 atom stereocenters. The molecule has 0 unspecified atom stereocenters. The Kier molecular flexibility index (Phi) is 3.60. The van der Waals surface area contributed by atoms with Crippen molar-refractivity contribution in [2.24, 2.45) is 11.8 Å². The Hall–Kier alpha value is -1.55. The lowest BCUT2D eigenvalue weighted by atomic mass is 9.91. The van der Waals surface area contributed by atoms with E-state index in [2.05, 4.69) is 6.07 Å². The van der Waals surface area contributed by atoms with Crippen LogP contribution < -0.4 is 0 Å². The summed E-state index contributed by atoms with van der Waals surface area (Å²) in [5.41, 5.74) is 1.16. The van der Waals surface area contributed by atoms with E-state index in [9.17, 15) is 9.59 Å². The lowest BCUT2D eigenvalue weighted by molar-refractivity contribution is -0.138. The molecule has 2 amide bonds. The summed E-state index contributed by atoms with van der Waals surface area (Å²) < 4.78 is 0. The van der Waals surface area contributed by atoms with Crippen LogP contribution in [0.25, 0.3) is 0 Å². The van der Waals surface area contributed by atoms with Crippen molar-refractivity contribution in [3.63, 3.8) is 0 Å². The molecule has 3 fully saturated rings. The molecule has 1 saturated carbocycles. The van der Waals surface area contributed by atoms with Gasteiger partial charge < -0.3 is 9.80 Å². The van der Waals surface area contributed by atoms with E-state index in [0.29, 0.717) is 6.54 Å². The molecule has 1 aromatic carbocycles. The number of hydrogen-bond acceptors (Lipinski definition) is 2. The number of carbonyl (C=O) groups is 2. The molecule has 3 aliphatic rings. The van der Waals surface area contributed by atoms with E-state index in [1.54, 1.807) is 4.90 Å². The van der Waals surface area contributed by atoms with Gasteiger partial charge in [-0.3, -0.25) is 9.59 Å². The Bertz CT molecular complexity index is 662. The zero-order valence-electron chi connectivity index (χ0n) is 13.2. The minimum absolute atomic E-state index is 0.0149. The third kappa shape index (κ3) is 2.53. The molecule has 2 aliphatic heterocycles. The third-order valence-corrected chi connectivity index (χ3v) is 5.84. The SMILES string of the molecule is CN1C[C@@H]2[C@@H](CCCN2C(=O)[C@@H]2C[C@H]2c2cccc(Cl)c2)C1=O. The molecule has 2 saturated heterocycles. The van der Waals surface area contributed by atoms with Gasteiger partial charge in [-0.2, -0.15) is 0 Å². The lowest BCUT2D eigenvalue weighted by Crippen LogP contribution is -2.49. The maximum absolute atomic E-state index is 12.9. The third-order valence-electron chi connectivity index (χ3n) is 5.60. The minimum Gasteiger partial charge on any atom is -0.343 e. The van der Waals surface area contributed by atoms with Crippen LogP contribution in [0.2, 0.25) is 5.02 Å². The van der Waals surface area contributed by atoms with Gasteiger partial charge in [-0.25, -0.2) is 0 Å². The summed E-state index contributed by atoms with van der Waals surface area (Å²) in [7, 11) is 1.84. The van der Waals surface area contributed by atoms with Gasteiger partial charge in [0.05, 0.1) is 12.0 Å². The lowest BCUT2D eigenvalue weighted by Gasteiger charge is -2.36. The Morgan fingerprint density at radius 1 is 1.30 bits per heavy atom. The molecule has 5 heteroatoms. The number of carbonyl (C=O) groups excluding carboxylic acids is 2. The van der Waals surface area contributed by atoms with Gasteiger partial charge in [0.2, 0.25) is 11.8 Å². The second-order valence-electron chi connectivity index (χ2n) is 7.07. The van der Waals surface area contributed by atoms with E-state index in [-0.39, 0.29) is 35.6 Å². The van der Waals surface area contributed by atoms with E-state index >= 15 is 0 Å². The summed E-state index contributed by atoms with van der Waals surface area (Å²) >= 11 is 6.06. The standard InChI is InChI=1S/C18H21ClN2O2/c1-20-10-16-13(17(20)22)6-3-7-21(16)18(23)15-9-14(15)11-4-2-5-12(19)8-11/h2,4-5,8,13-16H,3,6-7,9-10H2,1H3/t13-,14+,15-,16-/m1/s1. The predicted octanol–water partition coefficient (Wildman–Crippen LogP) is 2.52. The normalized spacial score (nSPS) is 32.9. The number of halogens is 1. The molecule has 23 heavy (non-hydrogen) atoms. The van der Waals surface area contributed by atoms with Crippen molar-refractivity contribution in [1.82, 2.24) is 9.80 Å². The van der Waals surface area contributed by atoms with E-state index in [1.807, 2.05) is 30.1 Å². The zero-order chi connectivity index (χ0) is 16.1. The smallest absolute Gasteiger partial charge is 0.227 e. The quantitative estimate of drug-likeness (QED) is 0.835. The van der Waals surface area contributed by atoms with E-state index in [1.165, 1.54) is 0 Å². The maximum atomic E-state index is 12.9. The summed E-state index contributed by atoms with van der Waals surface area (Å²) in [6.07, 6.45) is 2.75. The first kappa shape index (κ1) is 15.0. The van der Waals surface area contributed by atoms with E-state index in [4.69, 9.17) is 11.6 Å². The molecule has 0 radical (unpaired) electrons. The van der Waals surface area contributed by atoms with Crippen LogP contribution in [0.1, 0.15) is 30.7 Å². The number of piperidine rings is 1. The van der Waals surface area contributed by atoms with Gasteiger partial charge in [0.25, 0.3) is 0 Å². The Labute approximate surface area is 141 Å². The number of likely N-dealkylation sites (tertiary alicyclic amines) is 2. The fourth-order valence-electron chi connectivity index (χ4n) is 4.28. The van der Waals surface area contributed by atoms with Crippen LogP contribution in [0, 0.1) is 11.8 Å². The van der Waals surface area contributed by atoms with E-state index in [0.717, 1.165) is 36.4 Å². The molecule has 4 nitrogen and oxygen atoms in total. The van der Waals surface area contributed by atoms with Gasteiger partial charge in [-0.15, -0.1) is 0 Å². The molecule has 122 valence electrons. The van der Waals surface area contributed by atoms with Crippen molar-refractivity contribution in [3.8, 4) is 0 Å². The molecule has 2 heterocycles. The first-order valence-electron chi connectivity index (χ1n) is 8.37. The highest BCUT2D eigenvalue weighted by atomic mass is 35.5. The number of benzene rings is 1. The number of fused-ring (bicyclic) bond motifs is 1. The van der Waals surface area contributed by atoms with Gasteiger partial charge in [0.1, 0.15) is 0 Å². The minimum atomic E-state index is 0.0149. The molecule has 4 rings (SSSR count). The first-order chi connectivity index (χ1) is 11.1. The molecule has 0 spiro atoms. The Morgan fingerprint density at radius 2 is 2.13 bits per heavy atom. The molecule has 0 N–H and O–H groups in total. The van der Waals surface area contributed by atoms with Gasteiger partial charge in [0.15, 0.2) is 0 Å². The van der Waals surface area contributed by atoms with Crippen molar-refractivity contribution in [2.75, 3.05) is 20.1 Å². The van der Waals surface area contributed by atoms with Crippen molar-refractivity contribution in [3.05, 3.63) is 34.9 Å². The van der Waals surface area contributed by atoms with Crippen LogP contribution in [0.15, 0.2) is 24.3 Å². The zero-order valence-corrected chi connectivity index (χ0v) is 14.0. The average molecular weight is 333 g/mol. The summed E-state index contributed by atoms with van der Waals surface area (Å²) in [6, 6.07) is 7.90. The van der Waals surface area contributed by atoms with Crippen molar-refractivity contribution >= 4 is 23.4 Å². The summed E-state index contributed by atoms with van der Waals surface area (Å²) in [4.78, 5) is 28.9. The fraction of sp³-hybridized carbons (Fsp3) is 0.556. The number of rotatable bonds is 2. The molecule has 1 aromatic rings. The number of nitrogens with zero attached hydrogens (tertiary/aromatic N) is 2. The van der Waals surface area contributed by atoms with E-state index < -0.39 is 0 Å². The van der Waals surface area contributed by atoms with Gasteiger partial charge >= 0.3 is 0 Å². The second kappa shape index (κ2) is 5.52. The van der Waals surface area contributed by atoms with Crippen molar-refractivity contribution < 1.29 is 9.59 Å². The highest BCUT2D eigenvalue weighted by Gasteiger charge is 2.51. The molecule has 0 bridgehead atoms. The van der Waals surface area contributed by atoms with Gasteiger partial charge in [-0.05, 0) is 42.9 Å². The van der Waals surface area contributed by atoms with Crippen LogP contribution in [-0.2, 0) is 9.59 Å². The summed E-state index contributed by atoms with van der Waals surface area (Å²) in [5.74, 6) is 0.799. The van der Waals surface area contributed by atoms with Crippen LogP contribution in [-0.4, -0.2) is 47.8 Å². The molecular weight excluding hydrogens is 312 g/mol. The van der Waals surface area contributed by atoms with Crippen LogP contribution >= 0.6 is 11.6 Å². The first-order valence-corrected chi connectivity index (χ1v) is 8.75. The highest BCUT2D eigenvalue weighted by molar-refractivity contribution is 6.30. The second-order valence-corrected chi connectivity index (χ2v) is 7.51. The Morgan fingerprint density at radius 3 is 2.91 bits per heavy atom. The average Bonchev–Trinajstić information content (AvgIpc) is 3.29. The van der Waals surface area contributed by atoms with Gasteiger partial charge in [0, 0.05) is 31.1 Å². The largest absolute Gasteiger partial charge is 0.343 e. The van der Waals surface area contributed by atoms with Crippen LogP contribution in [0.4, 0.5) is 0 Å². The Balaban J connectivity index is 1.49. The van der Waals surface area contributed by atoms with Crippen LogP contribution in [0.5, 0.6) is 0 Å². The number of hydrogen-bond donors (Lipinski definition) is 0. The highest BCUT2D eigenvalue weighted by Crippen LogP contribution is 2.49. The summed E-state index contributed by atoms with van der Waals surface area (Å²) in [5, 5.41) is 0.724. The fourth-order valence-corrected chi connectivity index (χ4v) is 4.48. The van der Waals surface area contributed by atoms with Crippen molar-refractivity contribution in [2.45, 2.75) is 31.2 Å².